The fourth-order valence-electron chi connectivity index (χ4n) is 1.94. The van der Waals surface area contributed by atoms with Crippen LogP contribution in [0.1, 0.15) is 24.3 Å². The van der Waals surface area contributed by atoms with Crippen LogP contribution in [0.25, 0.3) is 10.9 Å². The van der Waals surface area contributed by atoms with Gasteiger partial charge in [-0.15, -0.1) is 0 Å². The molecule has 0 aliphatic heterocycles. The first-order valence-corrected chi connectivity index (χ1v) is 4.99. The van der Waals surface area contributed by atoms with Gasteiger partial charge in [0.1, 0.15) is 0 Å². The Morgan fingerprint density at radius 3 is 2.86 bits per heavy atom. The summed E-state index contributed by atoms with van der Waals surface area (Å²) in [5.41, 5.74) is 9.20. The number of nitrogen functional groups attached to an aromatic ring is 1. The Labute approximate surface area is 82.8 Å². The van der Waals surface area contributed by atoms with Crippen molar-refractivity contribution in [2.24, 2.45) is 0 Å². The molecule has 70 valence electrons. The van der Waals surface area contributed by atoms with E-state index < -0.39 is 0 Å². The number of nitrogens with two attached hydrogens (primary N) is 1. The SMILES string of the molecule is Nc1ccnc2c(C3CC3)cccc12. The molecule has 0 unspecified atom stereocenters. The van der Waals surface area contributed by atoms with E-state index in [0.29, 0.717) is 0 Å². The molecular formula is C12H12N2. The second-order valence-corrected chi connectivity index (χ2v) is 3.92. The average Bonchev–Trinajstić information content (AvgIpc) is 3.01. The molecule has 0 atom stereocenters. The third-order valence-electron chi connectivity index (χ3n) is 2.85. The Balaban J connectivity index is 2.35. The van der Waals surface area contributed by atoms with Crippen LogP contribution in [0.2, 0.25) is 0 Å². The maximum Gasteiger partial charge on any atom is 0.0757 e. The van der Waals surface area contributed by atoms with Crippen molar-refractivity contribution in [3.8, 4) is 0 Å². The van der Waals surface area contributed by atoms with Crippen LogP contribution in [0.5, 0.6) is 0 Å². The number of pyridine rings is 1. The van der Waals surface area contributed by atoms with Gasteiger partial charge in [0.15, 0.2) is 0 Å². The molecule has 2 N–H and O–H groups in total. The molecule has 14 heavy (non-hydrogen) atoms. The lowest BCUT2D eigenvalue weighted by molar-refractivity contribution is 1.14. The molecule has 2 nitrogen and oxygen atoms in total. The first kappa shape index (κ1) is 7.80. The van der Waals surface area contributed by atoms with Crippen molar-refractivity contribution < 1.29 is 0 Å². The van der Waals surface area contributed by atoms with Crippen molar-refractivity contribution in [2.45, 2.75) is 18.8 Å². The molecule has 1 saturated carbocycles. The van der Waals surface area contributed by atoms with Crippen LogP contribution in [-0.4, -0.2) is 4.98 Å². The number of hydrogen-bond donors (Lipinski definition) is 1. The van der Waals surface area contributed by atoms with Crippen LogP contribution in [0, 0.1) is 0 Å². The van der Waals surface area contributed by atoms with Gasteiger partial charge in [-0.25, -0.2) is 0 Å². The Hall–Kier alpha value is -1.57. The van der Waals surface area contributed by atoms with Crippen LogP contribution >= 0.6 is 0 Å². The molecule has 1 aromatic carbocycles. The number of para-hydroxylation sites is 1. The van der Waals surface area contributed by atoms with E-state index in [1.165, 1.54) is 18.4 Å². The first-order valence-electron chi connectivity index (χ1n) is 4.99. The molecule has 1 fully saturated rings. The smallest absolute Gasteiger partial charge is 0.0757 e. The second kappa shape index (κ2) is 2.71. The van der Waals surface area contributed by atoms with Crippen molar-refractivity contribution in [1.82, 2.24) is 4.98 Å². The minimum atomic E-state index is 0.730. The van der Waals surface area contributed by atoms with E-state index in [0.717, 1.165) is 22.5 Å². The number of rotatable bonds is 1. The summed E-state index contributed by atoms with van der Waals surface area (Å²) in [5.74, 6) is 0.730. The molecule has 2 aromatic rings. The highest BCUT2D eigenvalue weighted by molar-refractivity contribution is 5.92. The minimum absolute atomic E-state index is 0.730. The predicted molar refractivity (Wildman–Crippen MR) is 58.1 cm³/mol. The highest BCUT2D eigenvalue weighted by Gasteiger charge is 2.25. The molecule has 0 amide bonds. The van der Waals surface area contributed by atoms with Gasteiger partial charge in [0.05, 0.1) is 5.52 Å². The van der Waals surface area contributed by atoms with Gasteiger partial charge in [-0.2, -0.15) is 0 Å². The molecule has 1 aliphatic carbocycles. The minimum Gasteiger partial charge on any atom is -0.398 e. The number of fused-ring (bicyclic) bond motifs is 1. The second-order valence-electron chi connectivity index (χ2n) is 3.92. The monoisotopic (exact) mass is 184 g/mol. The van der Waals surface area contributed by atoms with Crippen molar-refractivity contribution in [3.63, 3.8) is 0 Å². The van der Waals surface area contributed by atoms with Crippen molar-refractivity contribution in [2.75, 3.05) is 5.73 Å². The van der Waals surface area contributed by atoms with Crippen LogP contribution < -0.4 is 5.73 Å². The zero-order chi connectivity index (χ0) is 9.54. The largest absolute Gasteiger partial charge is 0.398 e. The highest BCUT2D eigenvalue weighted by atomic mass is 14.7. The summed E-state index contributed by atoms with van der Waals surface area (Å²) in [5, 5.41) is 1.09. The van der Waals surface area contributed by atoms with Crippen molar-refractivity contribution >= 4 is 16.6 Å². The summed E-state index contributed by atoms with van der Waals surface area (Å²) in [4.78, 5) is 4.42. The van der Waals surface area contributed by atoms with E-state index >= 15 is 0 Å². The number of aromatic nitrogens is 1. The van der Waals surface area contributed by atoms with Crippen LogP contribution in [0.15, 0.2) is 30.5 Å². The Morgan fingerprint density at radius 2 is 2.07 bits per heavy atom. The van der Waals surface area contributed by atoms with Crippen molar-refractivity contribution in [3.05, 3.63) is 36.0 Å². The van der Waals surface area contributed by atoms with Gasteiger partial charge in [0, 0.05) is 17.3 Å². The lowest BCUT2D eigenvalue weighted by Gasteiger charge is -2.05. The van der Waals surface area contributed by atoms with Crippen molar-refractivity contribution in [1.29, 1.82) is 0 Å². The molecule has 0 saturated heterocycles. The highest BCUT2D eigenvalue weighted by Crippen LogP contribution is 2.42. The normalized spacial score (nSPS) is 16.0. The predicted octanol–water partition coefficient (Wildman–Crippen LogP) is 2.69. The van der Waals surface area contributed by atoms with Gasteiger partial charge in [-0.1, -0.05) is 18.2 Å². The summed E-state index contributed by atoms with van der Waals surface area (Å²) in [6.07, 6.45) is 4.40. The van der Waals surface area contributed by atoms with Gasteiger partial charge in [-0.3, -0.25) is 4.98 Å². The quantitative estimate of drug-likeness (QED) is 0.740. The summed E-state index contributed by atoms with van der Waals surface area (Å²) in [6, 6.07) is 8.16. The summed E-state index contributed by atoms with van der Waals surface area (Å²) < 4.78 is 0. The third-order valence-corrected chi connectivity index (χ3v) is 2.85. The summed E-state index contributed by atoms with van der Waals surface area (Å²) >= 11 is 0. The number of benzene rings is 1. The van der Waals surface area contributed by atoms with E-state index in [1.54, 1.807) is 6.20 Å². The Bertz CT molecular complexity index is 487. The zero-order valence-corrected chi connectivity index (χ0v) is 7.90. The maximum atomic E-state index is 5.91. The van der Waals surface area contributed by atoms with Gasteiger partial charge >= 0.3 is 0 Å². The molecular weight excluding hydrogens is 172 g/mol. The van der Waals surface area contributed by atoms with E-state index in [1.807, 2.05) is 12.1 Å². The third kappa shape index (κ3) is 1.07. The topological polar surface area (TPSA) is 38.9 Å². The maximum absolute atomic E-state index is 5.91. The standard InChI is InChI=1S/C12H12N2/c13-11-6-7-14-12-9(8-4-5-8)2-1-3-10(11)12/h1-3,6-8H,4-5H2,(H2,13,14). The Morgan fingerprint density at radius 1 is 1.21 bits per heavy atom. The average molecular weight is 184 g/mol. The lowest BCUT2D eigenvalue weighted by atomic mass is 10.1. The first-order chi connectivity index (χ1) is 6.86. The molecule has 3 rings (SSSR count). The van der Waals surface area contributed by atoms with E-state index in [-0.39, 0.29) is 0 Å². The number of hydrogen-bond acceptors (Lipinski definition) is 2. The molecule has 1 heterocycles. The molecule has 1 aromatic heterocycles. The molecule has 0 bridgehead atoms. The van der Waals surface area contributed by atoms with E-state index in [4.69, 9.17) is 5.73 Å². The fourth-order valence-corrected chi connectivity index (χ4v) is 1.94. The molecule has 2 heteroatoms. The zero-order valence-electron chi connectivity index (χ0n) is 7.90. The van der Waals surface area contributed by atoms with Gasteiger partial charge in [0.2, 0.25) is 0 Å². The lowest BCUT2D eigenvalue weighted by Crippen LogP contribution is -1.91. The summed E-state index contributed by atoms with van der Waals surface area (Å²) in [7, 11) is 0. The van der Waals surface area contributed by atoms with Gasteiger partial charge in [-0.05, 0) is 30.4 Å². The van der Waals surface area contributed by atoms with E-state index in [2.05, 4.69) is 17.1 Å². The van der Waals surface area contributed by atoms with Crippen LogP contribution in [-0.2, 0) is 0 Å². The van der Waals surface area contributed by atoms with E-state index in [9.17, 15) is 0 Å². The molecule has 0 radical (unpaired) electrons. The fraction of sp³-hybridized carbons (Fsp3) is 0.250. The molecule has 0 spiro atoms. The summed E-state index contributed by atoms with van der Waals surface area (Å²) in [6.45, 7) is 0. The van der Waals surface area contributed by atoms with Crippen LogP contribution in [0.3, 0.4) is 0 Å². The number of anilines is 1. The van der Waals surface area contributed by atoms with Gasteiger partial charge < -0.3 is 5.73 Å². The van der Waals surface area contributed by atoms with Crippen LogP contribution in [0.4, 0.5) is 5.69 Å². The Kier molecular flexibility index (Phi) is 1.51. The molecule has 1 aliphatic rings. The number of nitrogens with zero attached hydrogens (tertiary/aromatic N) is 1. The van der Waals surface area contributed by atoms with Gasteiger partial charge in [0.25, 0.3) is 0 Å².